The number of benzene rings is 3. The maximum atomic E-state index is 13.4. The third-order valence-corrected chi connectivity index (χ3v) is 5.82. The Kier molecular flexibility index (Phi) is 9.27. The number of hydrogen-bond acceptors (Lipinski definition) is 3. The van der Waals surface area contributed by atoms with Gasteiger partial charge in [-0.1, -0.05) is 77.9 Å². The maximum Gasteiger partial charge on any atom is 0.242 e. The second kappa shape index (κ2) is 12.6. The highest BCUT2D eigenvalue weighted by Crippen LogP contribution is 2.17. The molecule has 0 bridgehead atoms. The van der Waals surface area contributed by atoms with Gasteiger partial charge in [0.2, 0.25) is 11.8 Å². The zero-order valence-electron chi connectivity index (χ0n) is 20.3. The summed E-state index contributed by atoms with van der Waals surface area (Å²) in [5, 5.41) is 2.75. The van der Waals surface area contributed by atoms with Crippen LogP contribution in [0, 0.1) is 13.8 Å². The Bertz CT molecular complexity index is 1050. The van der Waals surface area contributed by atoms with Crippen LogP contribution in [0.3, 0.4) is 0 Å². The van der Waals surface area contributed by atoms with Crippen LogP contribution in [0.4, 0.5) is 0 Å². The number of likely N-dealkylation sites (N-methyl/N-ethyl adjacent to an activating group) is 1. The van der Waals surface area contributed by atoms with Crippen LogP contribution in [-0.4, -0.2) is 36.4 Å². The number of rotatable bonds is 11. The van der Waals surface area contributed by atoms with Gasteiger partial charge in [-0.3, -0.25) is 9.59 Å². The molecule has 1 N–H and O–H groups in total. The van der Waals surface area contributed by atoms with Gasteiger partial charge in [-0.15, -0.1) is 0 Å². The summed E-state index contributed by atoms with van der Waals surface area (Å²) >= 11 is 0. The van der Waals surface area contributed by atoms with E-state index >= 15 is 0 Å². The van der Waals surface area contributed by atoms with Gasteiger partial charge in [-0.2, -0.15) is 0 Å². The lowest BCUT2D eigenvalue weighted by atomic mass is 10.0. The molecular formula is C29H34N2O3. The van der Waals surface area contributed by atoms with E-state index in [1.165, 1.54) is 5.56 Å². The molecule has 0 aliphatic rings. The van der Waals surface area contributed by atoms with Crippen molar-refractivity contribution in [3.63, 3.8) is 0 Å². The number of aryl methyl sites for hydroxylation is 2. The standard InChI is InChI=1S/C29H34N2O3/c1-22-11-15-25(16-12-22)21-31(27(29(33)30-3)20-24-8-5-4-6-9-24)28(32)10-7-19-34-26-17-13-23(2)14-18-26/h4-6,8-9,11-18,27H,7,10,19-21H2,1-3H3,(H,30,33)/t27-/m0/s1. The highest BCUT2D eigenvalue weighted by molar-refractivity contribution is 5.87. The van der Waals surface area contributed by atoms with E-state index in [2.05, 4.69) is 5.32 Å². The van der Waals surface area contributed by atoms with E-state index in [4.69, 9.17) is 4.74 Å². The van der Waals surface area contributed by atoms with Crippen LogP contribution < -0.4 is 10.1 Å². The Morgan fingerprint density at radius 2 is 1.47 bits per heavy atom. The number of nitrogens with zero attached hydrogens (tertiary/aromatic N) is 1. The molecule has 0 saturated carbocycles. The number of carbonyl (C=O) groups is 2. The van der Waals surface area contributed by atoms with Crippen LogP contribution in [0.15, 0.2) is 78.9 Å². The predicted octanol–water partition coefficient (Wildman–Crippen LogP) is 4.85. The molecule has 0 aliphatic heterocycles. The third-order valence-electron chi connectivity index (χ3n) is 5.82. The van der Waals surface area contributed by atoms with Crippen LogP contribution in [0.25, 0.3) is 0 Å². The van der Waals surface area contributed by atoms with Gasteiger partial charge in [0.15, 0.2) is 0 Å². The fourth-order valence-electron chi connectivity index (χ4n) is 3.80. The topological polar surface area (TPSA) is 58.6 Å². The number of ether oxygens (including phenoxy) is 1. The fraction of sp³-hybridized carbons (Fsp3) is 0.310. The summed E-state index contributed by atoms with van der Waals surface area (Å²) in [6, 6.07) is 25.2. The molecular weight excluding hydrogens is 424 g/mol. The molecule has 2 amide bonds. The Labute approximate surface area is 202 Å². The van der Waals surface area contributed by atoms with Gasteiger partial charge in [0.05, 0.1) is 6.61 Å². The van der Waals surface area contributed by atoms with E-state index in [9.17, 15) is 9.59 Å². The summed E-state index contributed by atoms with van der Waals surface area (Å²) < 4.78 is 5.80. The summed E-state index contributed by atoms with van der Waals surface area (Å²) in [5.74, 6) is 0.569. The van der Waals surface area contributed by atoms with Crippen molar-refractivity contribution in [2.45, 2.75) is 45.7 Å². The molecule has 0 radical (unpaired) electrons. The molecule has 0 aromatic heterocycles. The van der Waals surface area contributed by atoms with Crippen LogP contribution in [-0.2, 0) is 22.6 Å². The first-order valence-electron chi connectivity index (χ1n) is 11.8. The first-order valence-corrected chi connectivity index (χ1v) is 11.8. The molecule has 3 rings (SSSR count). The smallest absolute Gasteiger partial charge is 0.242 e. The van der Waals surface area contributed by atoms with Crippen molar-refractivity contribution < 1.29 is 14.3 Å². The summed E-state index contributed by atoms with van der Waals surface area (Å²) in [4.78, 5) is 28.0. The molecule has 3 aromatic carbocycles. The number of amides is 2. The number of carbonyl (C=O) groups excluding carboxylic acids is 2. The second-order valence-electron chi connectivity index (χ2n) is 8.59. The summed E-state index contributed by atoms with van der Waals surface area (Å²) in [5.41, 5.74) is 4.34. The van der Waals surface area contributed by atoms with Gasteiger partial charge in [0, 0.05) is 26.4 Å². The van der Waals surface area contributed by atoms with Gasteiger partial charge in [0.1, 0.15) is 11.8 Å². The lowest BCUT2D eigenvalue weighted by Gasteiger charge is -2.31. The first kappa shape index (κ1) is 25.0. The highest BCUT2D eigenvalue weighted by atomic mass is 16.5. The van der Waals surface area contributed by atoms with Gasteiger partial charge in [0.25, 0.3) is 0 Å². The third kappa shape index (κ3) is 7.48. The van der Waals surface area contributed by atoms with Gasteiger partial charge >= 0.3 is 0 Å². The van der Waals surface area contributed by atoms with Gasteiger partial charge < -0.3 is 15.0 Å². The van der Waals surface area contributed by atoms with E-state index in [1.54, 1.807) is 11.9 Å². The van der Waals surface area contributed by atoms with E-state index in [-0.39, 0.29) is 11.8 Å². The zero-order valence-corrected chi connectivity index (χ0v) is 20.3. The molecule has 5 nitrogen and oxygen atoms in total. The van der Waals surface area contributed by atoms with Crippen molar-refractivity contribution in [2.24, 2.45) is 0 Å². The molecule has 0 spiro atoms. The van der Waals surface area contributed by atoms with E-state index < -0.39 is 6.04 Å². The van der Waals surface area contributed by atoms with Crippen molar-refractivity contribution in [1.82, 2.24) is 10.2 Å². The van der Waals surface area contributed by atoms with E-state index in [1.807, 2.05) is 92.7 Å². The molecule has 34 heavy (non-hydrogen) atoms. The van der Waals surface area contributed by atoms with Crippen molar-refractivity contribution >= 4 is 11.8 Å². The zero-order chi connectivity index (χ0) is 24.3. The van der Waals surface area contributed by atoms with Crippen LogP contribution >= 0.6 is 0 Å². The van der Waals surface area contributed by atoms with Crippen molar-refractivity contribution in [3.8, 4) is 5.75 Å². The summed E-state index contributed by atoms with van der Waals surface area (Å²) in [6.07, 6.45) is 1.33. The number of nitrogens with one attached hydrogen (secondary N) is 1. The normalized spacial score (nSPS) is 11.5. The first-order chi connectivity index (χ1) is 16.5. The largest absolute Gasteiger partial charge is 0.494 e. The average Bonchev–Trinajstić information content (AvgIpc) is 2.86. The quantitative estimate of drug-likeness (QED) is 0.418. The van der Waals surface area contributed by atoms with Crippen LogP contribution in [0.5, 0.6) is 5.75 Å². The summed E-state index contributed by atoms with van der Waals surface area (Å²) in [6.45, 7) is 4.88. The highest BCUT2D eigenvalue weighted by Gasteiger charge is 2.29. The van der Waals surface area contributed by atoms with E-state index in [0.29, 0.717) is 32.4 Å². The Morgan fingerprint density at radius 1 is 0.853 bits per heavy atom. The average molecular weight is 459 g/mol. The lowest BCUT2D eigenvalue weighted by molar-refractivity contribution is -0.141. The monoisotopic (exact) mass is 458 g/mol. The minimum absolute atomic E-state index is 0.0578. The second-order valence-corrected chi connectivity index (χ2v) is 8.59. The van der Waals surface area contributed by atoms with Gasteiger partial charge in [-0.05, 0) is 43.5 Å². The molecule has 0 unspecified atom stereocenters. The Morgan fingerprint density at radius 3 is 2.09 bits per heavy atom. The minimum atomic E-state index is -0.598. The molecule has 1 atom stereocenters. The molecule has 0 heterocycles. The molecule has 0 saturated heterocycles. The van der Waals surface area contributed by atoms with Crippen LogP contribution in [0.1, 0.15) is 35.1 Å². The SMILES string of the molecule is CNC(=O)[C@H](Cc1ccccc1)N(Cc1ccc(C)cc1)C(=O)CCCOc1ccc(C)cc1. The molecule has 5 heteroatoms. The minimum Gasteiger partial charge on any atom is -0.494 e. The molecule has 3 aromatic rings. The molecule has 0 aliphatic carbocycles. The Balaban J connectivity index is 1.73. The van der Waals surface area contributed by atoms with E-state index in [0.717, 1.165) is 22.4 Å². The lowest BCUT2D eigenvalue weighted by Crippen LogP contribution is -2.49. The summed E-state index contributed by atoms with van der Waals surface area (Å²) in [7, 11) is 1.62. The predicted molar refractivity (Wildman–Crippen MR) is 136 cm³/mol. The maximum absolute atomic E-state index is 13.4. The molecule has 0 fully saturated rings. The Hall–Kier alpha value is -3.60. The van der Waals surface area contributed by atoms with Gasteiger partial charge in [-0.25, -0.2) is 0 Å². The molecule has 178 valence electrons. The van der Waals surface area contributed by atoms with Crippen molar-refractivity contribution in [1.29, 1.82) is 0 Å². The fourth-order valence-corrected chi connectivity index (χ4v) is 3.80. The number of hydrogen-bond donors (Lipinski definition) is 1. The van der Waals surface area contributed by atoms with Crippen molar-refractivity contribution in [2.75, 3.05) is 13.7 Å². The van der Waals surface area contributed by atoms with Crippen molar-refractivity contribution in [3.05, 3.63) is 101 Å². The van der Waals surface area contributed by atoms with Crippen LogP contribution in [0.2, 0.25) is 0 Å².